The maximum atomic E-state index is 5.37. The predicted molar refractivity (Wildman–Crippen MR) is 72.0 cm³/mol. The van der Waals surface area contributed by atoms with Crippen molar-refractivity contribution < 1.29 is 4.84 Å². The Hall–Kier alpha value is -1.33. The van der Waals surface area contributed by atoms with E-state index in [9.17, 15) is 0 Å². The molecule has 0 radical (unpaired) electrons. The summed E-state index contributed by atoms with van der Waals surface area (Å²) in [6.07, 6.45) is -0.159. The Morgan fingerprint density at radius 3 is 2.76 bits per heavy atom. The van der Waals surface area contributed by atoms with Gasteiger partial charge in [-0.25, -0.2) is 0 Å². The van der Waals surface area contributed by atoms with Gasteiger partial charge in [0, 0.05) is 10.0 Å². The maximum Gasteiger partial charge on any atom is 0.234 e. The van der Waals surface area contributed by atoms with Crippen LogP contribution in [-0.2, 0) is 4.84 Å². The molecule has 0 saturated heterocycles. The molecule has 1 aromatic heterocycles. The van der Waals surface area contributed by atoms with E-state index in [0.717, 1.165) is 20.7 Å². The van der Waals surface area contributed by atoms with Gasteiger partial charge < -0.3 is 10.2 Å². The number of rotatable bonds is 2. The van der Waals surface area contributed by atoms with Crippen LogP contribution in [0.3, 0.4) is 0 Å². The van der Waals surface area contributed by atoms with Crippen molar-refractivity contribution in [2.24, 2.45) is 5.16 Å². The van der Waals surface area contributed by atoms with Crippen LogP contribution in [0.25, 0.3) is 0 Å². The normalized spacial score (nSPS) is 18.4. The van der Waals surface area contributed by atoms with E-state index in [-0.39, 0.29) is 6.23 Å². The largest absolute Gasteiger partial charge is 0.363 e. The highest BCUT2D eigenvalue weighted by Gasteiger charge is 2.22. The molecule has 1 unspecified atom stereocenters. The van der Waals surface area contributed by atoms with E-state index in [2.05, 4.69) is 26.4 Å². The lowest BCUT2D eigenvalue weighted by molar-refractivity contribution is 0.0756. The van der Waals surface area contributed by atoms with Gasteiger partial charge in [-0.15, -0.1) is 11.3 Å². The summed E-state index contributed by atoms with van der Waals surface area (Å²) in [4.78, 5) is 6.50. The summed E-state index contributed by atoms with van der Waals surface area (Å²) in [5.41, 5.74) is 1.02. The molecule has 17 heavy (non-hydrogen) atoms. The van der Waals surface area contributed by atoms with Gasteiger partial charge in [-0.2, -0.15) is 0 Å². The topological polar surface area (TPSA) is 33.6 Å². The lowest BCUT2D eigenvalue weighted by atomic mass is 10.2. The van der Waals surface area contributed by atoms with E-state index < -0.39 is 0 Å². The third-order valence-electron chi connectivity index (χ3n) is 2.44. The zero-order chi connectivity index (χ0) is 11.7. The number of benzene rings is 1. The Labute approximate surface area is 111 Å². The highest BCUT2D eigenvalue weighted by Crippen LogP contribution is 2.24. The quantitative estimate of drug-likeness (QED) is 0.921. The van der Waals surface area contributed by atoms with E-state index in [1.165, 1.54) is 0 Å². The Morgan fingerprint density at radius 1 is 1.24 bits per heavy atom. The van der Waals surface area contributed by atoms with Crippen LogP contribution in [0, 0.1) is 0 Å². The minimum atomic E-state index is -0.159. The maximum absolute atomic E-state index is 5.37. The fourth-order valence-electron chi connectivity index (χ4n) is 1.59. The average Bonchev–Trinajstić information content (AvgIpc) is 3.00. The third-order valence-corrected chi connectivity index (χ3v) is 3.88. The molecule has 1 aromatic carbocycles. The molecule has 1 aliphatic heterocycles. The van der Waals surface area contributed by atoms with Crippen LogP contribution in [0.5, 0.6) is 0 Å². The van der Waals surface area contributed by atoms with Crippen molar-refractivity contribution >= 4 is 33.1 Å². The Morgan fingerprint density at radius 2 is 2.06 bits per heavy atom. The lowest BCUT2D eigenvalue weighted by Crippen LogP contribution is -2.22. The van der Waals surface area contributed by atoms with Crippen LogP contribution >= 0.6 is 27.3 Å². The summed E-state index contributed by atoms with van der Waals surface area (Å²) in [5, 5.41) is 9.35. The summed E-state index contributed by atoms with van der Waals surface area (Å²) in [6, 6.07) is 12.0. The number of halogens is 1. The molecule has 0 spiro atoms. The van der Waals surface area contributed by atoms with Gasteiger partial charge in [-0.3, -0.25) is 0 Å². The third kappa shape index (κ3) is 2.21. The summed E-state index contributed by atoms with van der Waals surface area (Å²) in [5.74, 6) is 0.774. The first-order chi connectivity index (χ1) is 8.33. The molecular formula is C12H9BrN2OS. The molecule has 3 rings (SSSR count). The summed E-state index contributed by atoms with van der Waals surface area (Å²) < 4.78 is 1.05. The number of nitrogens with zero attached hydrogens (tertiary/aromatic N) is 1. The van der Waals surface area contributed by atoms with Crippen LogP contribution in [0.15, 0.2) is 51.4 Å². The van der Waals surface area contributed by atoms with Crippen molar-refractivity contribution in [2.75, 3.05) is 0 Å². The summed E-state index contributed by atoms with van der Waals surface area (Å²) in [7, 11) is 0. The van der Waals surface area contributed by atoms with Crippen molar-refractivity contribution in [2.45, 2.75) is 6.23 Å². The Balaban J connectivity index is 1.77. The van der Waals surface area contributed by atoms with E-state index in [1.54, 1.807) is 11.3 Å². The first-order valence-electron chi connectivity index (χ1n) is 5.12. The van der Waals surface area contributed by atoms with Gasteiger partial charge in [0.1, 0.15) is 0 Å². The van der Waals surface area contributed by atoms with Crippen LogP contribution in [0.1, 0.15) is 16.7 Å². The number of nitrogens with one attached hydrogen (secondary N) is 1. The van der Waals surface area contributed by atoms with Gasteiger partial charge in [0.25, 0.3) is 0 Å². The summed E-state index contributed by atoms with van der Waals surface area (Å²) >= 11 is 5.06. The monoisotopic (exact) mass is 308 g/mol. The number of oxime groups is 1. The first kappa shape index (κ1) is 10.8. The molecule has 1 N–H and O–H groups in total. The van der Waals surface area contributed by atoms with E-state index in [1.807, 2.05) is 41.8 Å². The van der Waals surface area contributed by atoms with E-state index in [4.69, 9.17) is 4.84 Å². The Kier molecular flexibility index (Phi) is 2.86. The highest BCUT2D eigenvalue weighted by atomic mass is 79.9. The molecule has 2 heterocycles. The van der Waals surface area contributed by atoms with Gasteiger partial charge in [-0.05, 0) is 23.6 Å². The molecule has 0 saturated carbocycles. The molecule has 1 atom stereocenters. The van der Waals surface area contributed by atoms with Crippen LogP contribution in [0.4, 0.5) is 0 Å². The van der Waals surface area contributed by atoms with Crippen molar-refractivity contribution in [3.63, 3.8) is 0 Å². The minimum Gasteiger partial charge on any atom is -0.363 e. The van der Waals surface area contributed by atoms with Crippen LogP contribution in [0.2, 0.25) is 0 Å². The van der Waals surface area contributed by atoms with Crippen molar-refractivity contribution in [1.82, 2.24) is 5.32 Å². The molecule has 86 valence electrons. The number of amidine groups is 1. The number of hydrogen-bond acceptors (Lipinski definition) is 4. The summed E-state index contributed by atoms with van der Waals surface area (Å²) in [6.45, 7) is 0. The zero-order valence-corrected chi connectivity index (χ0v) is 11.2. The molecule has 0 aliphatic carbocycles. The van der Waals surface area contributed by atoms with Crippen LogP contribution < -0.4 is 5.32 Å². The molecule has 3 nitrogen and oxygen atoms in total. The van der Waals surface area contributed by atoms with E-state index in [0.29, 0.717) is 0 Å². The average molecular weight is 309 g/mol. The second-order valence-electron chi connectivity index (χ2n) is 3.59. The van der Waals surface area contributed by atoms with E-state index >= 15 is 0 Å². The molecule has 0 fully saturated rings. The number of thiophene rings is 1. The smallest absolute Gasteiger partial charge is 0.234 e. The molecule has 0 amide bonds. The van der Waals surface area contributed by atoms with Gasteiger partial charge in [-0.1, -0.05) is 39.3 Å². The lowest BCUT2D eigenvalue weighted by Gasteiger charge is -2.07. The van der Waals surface area contributed by atoms with Crippen molar-refractivity contribution in [1.29, 1.82) is 0 Å². The fraction of sp³-hybridized carbons (Fsp3) is 0.0833. The van der Waals surface area contributed by atoms with Gasteiger partial charge in [0.05, 0.1) is 4.88 Å². The van der Waals surface area contributed by atoms with Crippen LogP contribution in [-0.4, -0.2) is 5.84 Å². The zero-order valence-electron chi connectivity index (χ0n) is 8.76. The molecular weight excluding hydrogens is 300 g/mol. The standard InChI is InChI=1S/C12H9BrN2OS/c13-9-5-3-8(4-6-9)11-14-12(16-15-11)10-2-1-7-17-10/h1-7,12H,(H,14,15). The SMILES string of the molecule is Brc1ccc(C2=NOC(c3cccs3)N2)cc1. The fourth-order valence-corrected chi connectivity index (χ4v) is 2.55. The van der Waals surface area contributed by atoms with Gasteiger partial charge in [0.2, 0.25) is 6.23 Å². The first-order valence-corrected chi connectivity index (χ1v) is 6.80. The molecule has 1 aliphatic rings. The second-order valence-corrected chi connectivity index (χ2v) is 5.49. The predicted octanol–water partition coefficient (Wildman–Crippen LogP) is 3.49. The van der Waals surface area contributed by atoms with Gasteiger partial charge >= 0.3 is 0 Å². The van der Waals surface area contributed by atoms with Crippen molar-refractivity contribution in [3.05, 3.63) is 56.7 Å². The molecule has 2 aromatic rings. The highest BCUT2D eigenvalue weighted by molar-refractivity contribution is 9.10. The second kappa shape index (κ2) is 4.50. The minimum absolute atomic E-state index is 0.159. The van der Waals surface area contributed by atoms with Crippen molar-refractivity contribution in [3.8, 4) is 0 Å². The Bertz CT molecular complexity index is 536. The number of hydrogen-bond donors (Lipinski definition) is 1. The molecule has 0 bridgehead atoms. The van der Waals surface area contributed by atoms with Gasteiger partial charge in [0.15, 0.2) is 5.84 Å². The molecule has 5 heteroatoms.